The van der Waals surface area contributed by atoms with E-state index in [2.05, 4.69) is 18.8 Å². The van der Waals surface area contributed by atoms with Crippen molar-refractivity contribution in [2.75, 3.05) is 12.3 Å². The maximum Gasteiger partial charge on any atom is 0.471 e. The fourth-order valence-electron chi connectivity index (χ4n) is 3.16. The second kappa shape index (κ2) is 20.3. The molecule has 0 heterocycles. The van der Waals surface area contributed by atoms with E-state index >= 15 is 0 Å². The highest BCUT2D eigenvalue weighted by molar-refractivity contribution is 8.00. The molecule has 0 radical (unpaired) electrons. The van der Waals surface area contributed by atoms with E-state index in [1.165, 1.54) is 63.1 Å². The van der Waals surface area contributed by atoms with Crippen LogP contribution in [0.4, 0.5) is 13.2 Å². The normalized spacial score (nSPS) is 12.1. The Morgan fingerprint density at radius 1 is 0.938 bits per heavy atom. The third-order valence-electron chi connectivity index (χ3n) is 4.99. The van der Waals surface area contributed by atoms with Gasteiger partial charge in [-0.25, -0.2) is 0 Å². The summed E-state index contributed by atoms with van der Waals surface area (Å²) in [4.78, 5) is 21.5. The molecule has 0 bridgehead atoms. The van der Waals surface area contributed by atoms with Crippen LogP contribution in [0.3, 0.4) is 0 Å². The number of hydrogen-bond donors (Lipinski definition) is 2. The van der Waals surface area contributed by atoms with Crippen LogP contribution in [0.2, 0.25) is 0 Å². The van der Waals surface area contributed by atoms with E-state index in [0.29, 0.717) is 25.0 Å². The molecule has 8 heteroatoms. The molecule has 0 saturated heterocycles. The summed E-state index contributed by atoms with van der Waals surface area (Å²) < 4.78 is 36.6. The zero-order valence-electron chi connectivity index (χ0n) is 19.4. The van der Waals surface area contributed by atoms with Crippen molar-refractivity contribution in [3.63, 3.8) is 0 Å². The van der Waals surface area contributed by atoms with Gasteiger partial charge in [0.25, 0.3) is 0 Å². The van der Waals surface area contributed by atoms with Crippen LogP contribution in [-0.2, 0) is 9.59 Å². The van der Waals surface area contributed by atoms with Crippen LogP contribution in [-0.4, -0.2) is 40.7 Å². The first-order valence-electron chi connectivity index (χ1n) is 11.9. The second-order valence-electron chi connectivity index (χ2n) is 8.01. The number of thioether (sulfide) groups is 1. The Balaban J connectivity index is 4.09. The molecule has 1 unspecified atom stereocenters. The van der Waals surface area contributed by atoms with Crippen LogP contribution in [0, 0.1) is 11.8 Å². The maximum absolute atomic E-state index is 12.2. The molecule has 0 aliphatic heterocycles. The first-order chi connectivity index (χ1) is 15.3. The van der Waals surface area contributed by atoms with Gasteiger partial charge in [0.1, 0.15) is 0 Å². The number of carbonyl (C=O) groups excluding carboxylic acids is 1. The second-order valence-corrected chi connectivity index (χ2v) is 9.32. The largest absolute Gasteiger partial charge is 0.481 e. The fourth-order valence-corrected chi connectivity index (χ4v) is 4.16. The number of alkyl halides is 3. The summed E-state index contributed by atoms with van der Waals surface area (Å²) in [5.41, 5.74) is 0. The Hall–Kier alpha value is -1.36. The minimum Gasteiger partial charge on any atom is -0.481 e. The topological polar surface area (TPSA) is 66.4 Å². The predicted octanol–water partition coefficient (Wildman–Crippen LogP) is 6.73. The predicted molar refractivity (Wildman–Crippen MR) is 126 cm³/mol. The number of aliphatic carboxylic acids is 1. The van der Waals surface area contributed by atoms with Gasteiger partial charge in [-0.05, 0) is 19.3 Å². The number of nitrogens with one attached hydrogen (secondary N) is 1. The van der Waals surface area contributed by atoms with Gasteiger partial charge in [0.2, 0.25) is 0 Å². The molecule has 0 spiro atoms. The number of hydrogen-bond acceptors (Lipinski definition) is 3. The smallest absolute Gasteiger partial charge is 0.471 e. The van der Waals surface area contributed by atoms with Crippen molar-refractivity contribution >= 4 is 23.6 Å². The lowest BCUT2D eigenvalue weighted by Crippen LogP contribution is -2.38. The number of carboxylic acid groups (broad SMARTS) is 1. The summed E-state index contributed by atoms with van der Waals surface area (Å²) in [7, 11) is 0. The third-order valence-corrected chi connectivity index (χ3v) is 6.19. The molecule has 0 aromatic rings. The number of carboxylic acids is 1. The molecule has 1 amide bonds. The summed E-state index contributed by atoms with van der Waals surface area (Å²) in [6.45, 7) is 2.15. The first-order valence-corrected chi connectivity index (χ1v) is 13.0. The van der Waals surface area contributed by atoms with Gasteiger partial charge in [0.05, 0.1) is 5.25 Å². The van der Waals surface area contributed by atoms with Gasteiger partial charge in [-0.2, -0.15) is 13.2 Å². The molecule has 0 aromatic heterocycles. The van der Waals surface area contributed by atoms with E-state index in [1.807, 2.05) is 5.32 Å². The molecule has 0 aliphatic carbocycles. The quantitative estimate of drug-likeness (QED) is 0.159. The molecule has 4 nitrogen and oxygen atoms in total. The fraction of sp³-hybridized carbons (Fsp3) is 0.833. The van der Waals surface area contributed by atoms with Gasteiger partial charge in [-0.3, -0.25) is 9.59 Å². The Kier molecular flexibility index (Phi) is 19.4. The van der Waals surface area contributed by atoms with E-state index in [9.17, 15) is 22.8 Å². The number of unbranched alkanes of at least 4 members (excludes halogenated alkanes) is 11. The van der Waals surface area contributed by atoms with Gasteiger partial charge in [-0.15, -0.1) is 17.7 Å². The van der Waals surface area contributed by atoms with Gasteiger partial charge in [-0.1, -0.05) is 77.1 Å². The van der Waals surface area contributed by atoms with E-state index in [1.54, 1.807) is 0 Å². The van der Waals surface area contributed by atoms with E-state index < -0.39 is 18.1 Å². The van der Waals surface area contributed by atoms with Gasteiger partial charge in [0.15, 0.2) is 0 Å². The van der Waals surface area contributed by atoms with Gasteiger partial charge < -0.3 is 10.4 Å². The lowest BCUT2D eigenvalue weighted by Gasteiger charge is -2.11. The van der Waals surface area contributed by atoms with Crippen molar-refractivity contribution in [2.24, 2.45) is 0 Å². The maximum atomic E-state index is 12.2. The Bertz CT molecular complexity index is 559. The molecule has 32 heavy (non-hydrogen) atoms. The molecule has 0 aromatic carbocycles. The summed E-state index contributed by atoms with van der Waals surface area (Å²) in [6, 6.07) is 0. The Labute approximate surface area is 195 Å². The van der Waals surface area contributed by atoms with E-state index in [-0.39, 0.29) is 18.2 Å². The Morgan fingerprint density at radius 3 is 2.09 bits per heavy atom. The SMILES string of the molecule is CCCCCCCCCCCCC#CC(CCCCC(=O)O)SCCNC(=O)C(F)(F)F. The summed E-state index contributed by atoms with van der Waals surface area (Å²) in [6.07, 6.45) is 10.6. The van der Waals surface area contributed by atoms with Gasteiger partial charge >= 0.3 is 18.1 Å². The highest BCUT2D eigenvalue weighted by atomic mass is 32.2. The monoisotopic (exact) mass is 479 g/mol. The lowest BCUT2D eigenvalue weighted by atomic mass is 10.1. The molecule has 0 aliphatic rings. The van der Waals surface area contributed by atoms with Crippen molar-refractivity contribution in [3.05, 3.63) is 0 Å². The minimum absolute atomic E-state index is 0.0605. The van der Waals surface area contributed by atoms with Crippen LogP contribution in [0.25, 0.3) is 0 Å². The number of amides is 1. The molecule has 0 fully saturated rings. The molecule has 0 saturated carbocycles. The zero-order chi connectivity index (χ0) is 24.1. The number of rotatable bonds is 19. The minimum atomic E-state index is -4.87. The molecular formula is C24H40F3NO3S. The van der Waals surface area contributed by atoms with Crippen LogP contribution in [0.15, 0.2) is 0 Å². The highest BCUT2D eigenvalue weighted by Gasteiger charge is 2.38. The van der Waals surface area contributed by atoms with Crippen molar-refractivity contribution in [1.29, 1.82) is 0 Å². The summed E-state index contributed by atoms with van der Waals surface area (Å²) >= 11 is 1.41. The van der Waals surface area contributed by atoms with Crippen LogP contribution in [0.1, 0.15) is 103 Å². The van der Waals surface area contributed by atoms with Crippen LogP contribution in [0.5, 0.6) is 0 Å². The number of carbonyl (C=O) groups is 2. The van der Waals surface area contributed by atoms with Crippen molar-refractivity contribution in [3.8, 4) is 11.8 Å². The third kappa shape index (κ3) is 20.5. The average Bonchev–Trinajstić information content (AvgIpc) is 2.73. The zero-order valence-corrected chi connectivity index (χ0v) is 20.2. The van der Waals surface area contributed by atoms with Crippen molar-refractivity contribution in [2.45, 2.75) is 115 Å². The standard InChI is InChI=1S/C24H40F3NO3S/c1-2-3-4-5-6-7-8-9-10-11-12-13-16-21(17-14-15-18-22(29)30)32-20-19-28-23(31)24(25,26)27/h21H,2-12,14-15,17-20H2,1H3,(H,28,31)(H,29,30). The van der Waals surface area contributed by atoms with Crippen molar-refractivity contribution < 1.29 is 27.9 Å². The first kappa shape index (κ1) is 30.6. The van der Waals surface area contributed by atoms with Gasteiger partial charge in [0, 0.05) is 25.1 Å². The summed E-state index contributed by atoms with van der Waals surface area (Å²) in [5.74, 6) is 3.93. The van der Waals surface area contributed by atoms with E-state index in [4.69, 9.17) is 5.11 Å². The molecular weight excluding hydrogens is 439 g/mol. The molecule has 1 atom stereocenters. The molecule has 0 rings (SSSR count). The molecule has 2 N–H and O–H groups in total. The highest BCUT2D eigenvalue weighted by Crippen LogP contribution is 2.18. The summed E-state index contributed by atoms with van der Waals surface area (Å²) in [5, 5.41) is 10.5. The Morgan fingerprint density at radius 2 is 1.53 bits per heavy atom. The average molecular weight is 480 g/mol. The molecule has 186 valence electrons. The van der Waals surface area contributed by atoms with Crippen molar-refractivity contribution in [1.82, 2.24) is 5.32 Å². The van der Waals surface area contributed by atoms with Crippen LogP contribution >= 0.6 is 11.8 Å². The van der Waals surface area contributed by atoms with Crippen LogP contribution < -0.4 is 5.32 Å². The van der Waals surface area contributed by atoms with E-state index in [0.717, 1.165) is 19.3 Å². The lowest BCUT2D eigenvalue weighted by molar-refractivity contribution is -0.173. The number of halogens is 3.